The van der Waals surface area contributed by atoms with E-state index in [0.717, 1.165) is 18.8 Å². The number of hydrogen-bond acceptors (Lipinski definition) is 5. The van der Waals surface area contributed by atoms with Gasteiger partial charge >= 0.3 is 0 Å². The highest BCUT2D eigenvalue weighted by Crippen LogP contribution is 2.08. The molecule has 0 aliphatic carbocycles. The van der Waals surface area contributed by atoms with Crippen molar-refractivity contribution in [1.29, 1.82) is 0 Å². The average molecular weight is 227 g/mol. The largest absolute Gasteiger partial charge is 0.380 e. The summed E-state index contributed by atoms with van der Waals surface area (Å²) in [5, 5.41) is 15.1. The molecule has 0 spiro atoms. The van der Waals surface area contributed by atoms with E-state index in [1.165, 1.54) is 0 Å². The lowest BCUT2D eigenvalue weighted by molar-refractivity contribution is 0.0979. The van der Waals surface area contributed by atoms with E-state index in [-0.39, 0.29) is 12.1 Å². The lowest BCUT2D eigenvalue weighted by atomic mass is 10.3. The quantitative estimate of drug-likeness (QED) is 0.745. The first-order valence-electron chi connectivity index (χ1n) is 5.71. The summed E-state index contributed by atoms with van der Waals surface area (Å²) in [6.07, 6.45) is 1.21. The Hall–Kier alpha value is -1.01. The fraction of sp³-hybridized carbons (Fsp3) is 0.900. The second-order valence-corrected chi connectivity index (χ2v) is 3.94. The van der Waals surface area contributed by atoms with Gasteiger partial charge in [-0.05, 0) is 37.2 Å². The number of ether oxygens (including phenoxy) is 1. The first kappa shape index (κ1) is 13.1. The van der Waals surface area contributed by atoms with Crippen molar-refractivity contribution in [2.45, 2.75) is 45.9 Å². The Morgan fingerprint density at radius 3 is 2.81 bits per heavy atom. The van der Waals surface area contributed by atoms with Crippen LogP contribution >= 0.6 is 0 Å². The van der Waals surface area contributed by atoms with E-state index in [2.05, 4.69) is 34.7 Å². The number of tetrazole rings is 1. The van der Waals surface area contributed by atoms with Crippen LogP contribution < -0.4 is 5.32 Å². The molecular formula is C10H21N5O. The van der Waals surface area contributed by atoms with Crippen LogP contribution in [-0.4, -0.2) is 40.0 Å². The monoisotopic (exact) mass is 227 g/mol. The van der Waals surface area contributed by atoms with Gasteiger partial charge in [-0.15, -0.1) is 5.10 Å². The molecule has 0 aliphatic heterocycles. The number of aromatic nitrogens is 4. The van der Waals surface area contributed by atoms with Crippen LogP contribution in [0, 0.1) is 0 Å². The molecule has 2 unspecified atom stereocenters. The number of nitrogens with one attached hydrogen (secondary N) is 1. The molecule has 16 heavy (non-hydrogen) atoms. The topological polar surface area (TPSA) is 64.9 Å². The highest BCUT2D eigenvalue weighted by Gasteiger charge is 2.15. The molecule has 2 atom stereocenters. The van der Waals surface area contributed by atoms with E-state index in [9.17, 15) is 0 Å². The number of rotatable bonds is 7. The molecule has 0 aromatic carbocycles. The van der Waals surface area contributed by atoms with Gasteiger partial charge in [-0.2, -0.15) is 0 Å². The van der Waals surface area contributed by atoms with E-state index < -0.39 is 0 Å². The summed E-state index contributed by atoms with van der Waals surface area (Å²) < 4.78 is 7.00. The first-order chi connectivity index (χ1) is 7.69. The fourth-order valence-electron chi connectivity index (χ4n) is 1.42. The molecule has 0 aliphatic rings. The smallest absolute Gasteiger partial charge is 0.168 e. The molecule has 0 fully saturated rings. The van der Waals surface area contributed by atoms with Gasteiger partial charge in [0.2, 0.25) is 0 Å². The molecule has 6 nitrogen and oxygen atoms in total. The van der Waals surface area contributed by atoms with Gasteiger partial charge < -0.3 is 10.1 Å². The summed E-state index contributed by atoms with van der Waals surface area (Å²) in [5.41, 5.74) is 0. The molecule has 0 bridgehead atoms. The standard InChI is InChI=1S/C10H21N5O/c1-5-6-11-9(3)10-12-13-14-15(10)7-8(2)16-4/h8-9,11H,5-7H2,1-4H3. The second kappa shape index (κ2) is 6.55. The Kier molecular flexibility index (Phi) is 5.34. The molecular weight excluding hydrogens is 206 g/mol. The van der Waals surface area contributed by atoms with E-state index >= 15 is 0 Å². The van der Waals surface area contributed by atoms with Crippen LogP contribution in [0.25, 0.3) is 0 Å². The van der Waals surface area contributed by atoms with Crippen LogP contribution in [0.2, 0.25) is 0 Å². The lowest BCUT2D eigenvalue weighted by Crippen LogP contribution is -2.25. The van der Waals surface area contributed by atoms with Crippen molar-refractivity contribution >= 4 is 0 Å². The normalized spacial score (nSPS) is 15.0. The van der Waals surface area contributed by atoms with Crippen LogP contribution in [0.3, 0.4) is 0 Å². The average Bonchev–Trinajstić information content (AvgIpc) is 2.73. The molecule has 1 N–H and O–H groups in total. The van der Waals surface area contributed by atoms with Crippen molar-refractivity contribution in [3.8, 4) is 0 Å². The van der Waals surface area contributed by atoms with Gasteiger partial charge in [-0.3, -0.25) is 0 Å². The van der Waals surface area contributed by atoms with Gasteiger partial charge in [0.1, 0.15) is 0 Å². The van der Waals surface area contributed by atoms with Crippen molar-refractivity contribution in [2.75, 3.05) is 13.7 Å². The molecule has 6 heteroatoms. The van der Waals surface area contributed by atoms with Gasteiger partial charge in [0.05, 0.1) is 18.7 Å². The van der Waals surface area contributed by atoms with Gasteiger partial charge in [-0.1, -0.05) is 6.92 Å². The molecule has 0 saturated heterocycles. The summed E-state index contributed by atoms with van der Waals surface area (Å²) in [7, 11) is 1.69. The van der Waals surface area contributed by atoms with Crippen LogP contribution in [0.15, 0.2) is 0 Å². The zero-order valence-electron chi connectivity index (χ0n) is 10.5. The third-order valence-corrected chi connectivity index (χ3v) is 2.48. The highest BCUT2D eigenvalue weighted by atomic mass is 16.5. The van der Waals surface area contributed by atoms with E-state index in [0.29, 0.717) is 6.54 Å². The zero-order valence-corrected chi connectivity index (χ0v) is 10.5. The van der Waals surface area contributed by atoms with Gasteiger partial charge in [0.15, 0.2) is 5.82 Å². The molecule has 0 amide bonds. The number of hydrogen-bond donors (Lipinski definition) is 1. The summed E-state index contributed by atoms with van der Waals surface area (Å²) in [6.45, 7) is 7.84. The minimum Gasteiger partial charge on any atom is -0.380 e. The minimum atomic E-state index is 0.112. The number of methoxy groups -OCH3 is 1. The maximum Gasteiger partial charge on any atom is 0.168 e. The first-order valence-corrected chi connectivity index (χ1v) is 5.71. The molecule has 1 rings (SSSR count). The van der Waals surface area contributed by atoms with Crippen LogP contribution in [-0.2, 0) is 11.3 Å². The predicted molar refractivity (Wildman–Crippen MR) is 61.0 cm³/mol. The van der Waals surface area contributed by atoms with Gasteiger partial charge in [-0.25, -0.2) is 4.68 Å². The maximum atomic E-state index is 5.20. The van der Waals surface area contributed by atoms with Gasteiger partial charge in [0.25, 0.3) is 0 Å². The molecule has 1 heterocycles. The van der Waals surface area contributed by atoms with Crippen LogP contribution in [0.4, 0.5) is 0 Å². The predicted octanol–water partition coefficient (Wildman–Crippen LogP) is 0.769. The third-order valence-electron chi connectivity index (χ3n) is 2.48. The molecule has 92 valence electrons. The Morgan fingerprint density at radius 1 is 1.44 bits per heavy atom. The molecule has 0 saturated carbocycles. The SMILES string of the molecule is CCCNC(C)c1nnnn1CC(C)OC. The Morgan fingerprint density at radius 2 is 2.19 bits per heavy atom. The Bertz CT molecular complexity index is 301. The maximum absolute atomic E-state index is 5.20. The number of nitrogens with zero attached hydrogens (tertiary/aromatic N) is 4. The molecule has 0 radical (unpaired) electrons. The van der Waals surface area contributed by atoms with Crippen LogP contribution in [0.1, 0.15) is 39.1 Å². The van der Waals surface area contributed by atoms with Crippen molar-refractivity contribution in [2.24, 2.45) is 0 Å². The summed E-state index contributed by atoms with van der Waals surface area (Å²) in [6, 6.07) is 0.166. The summed E-state index contributed by atoms with van der Waals surface area (Å²) >= 11 is 0. The van der Waals surface area contributed by atoms with Crippen molar-refractivity contribution in [1.82, 2.24) is 25.5 Å². The van der Waals surface area contributed by atoms with E-state index in [4.69, 9.17) is 4.74 Å². The van der Waals surface area contributed by atoms with E-state index in [1.807, 2.05) is 6.92 Å². The summed E-state index contributed by atoms with van der Waals surface area (Å²) in [4.78, 5) is 0. The van der Waals surface area contributed by atoms with E-state index in [1.54, 1.807) is 11.8 Å². The molecule has 1 aromatic rings. The lowest BCUT2D eigenvalue weighted by Gasteiger charge is -2.15. The Labute approximate surface area is 96.4 Å². The zero-order chi connectivity index (χ0) is 12.0. The summed E-state index contributed by atoms with van der Waals surface area (Å²) in [5.74, 6) is 0.859. The van der Waals surface area contributed by atoms with Crippen LogP contribution in [0.5, 0.6) is 0 Å². The minimum absolute atomic E-state index is 0.112. The fourth-order valence-corrected chi connectivity index (χ4v) is 1.42. The molecule has 1 aromatic heterocycles. The Balaban J connectivity index is 2.62. The van der Waals surface area contributed by atoms with Crippen molar-refractivity contribution in [3.63, 3.8) is 0 Å². The second-order valence-electron chi connectivity index (χ2n) is 3.94. The third kappa shape index (κ3) is 3.53. The van der Waals surface area contributed by atoms with Crippen molar-refractivity contribution in [3.05, 3.63) is 5.82 Å². The van der Waals surface area contributed by atoms with Gasteiger partial charge in [0, 0.05) is 7.11 Å². The van der Waals surface area contributed by atoms with Crippen molar-refractivity contribution < 1.29 is 4.74 Å². The highest BCUT2D eigenvalue weighted by molar-refractivity contribution is 4.89.